The maximum Gasteiger partial charge on any atom is 0.253 e. The molecule has 4 aromatic rings. The van der Waals surface area contributed by atoms with E-state index >= 15 is 0 Å². The van der Waals surface area contributed by atoms with Gasteiger partial charge in [0.25, 0.3) is 5.91 Å². The Kier molecular flexibility index (Phi) is 3.21. The predicted molar refractivity (Wildman–Crippen MR) is 94.6 cm³/mol. The molecule has 1 N–H and O–H groups in total. The third kappa shape index (κ3) is 2.44. The minimum atomic E-state index is 0.0331. The van der Waals surface area contributed by atoms with E-state index in [2.05, 4.69) is 15.1 Å². The minimum Gasteiger partial charge on any atom is -0.361 e. The smallest absolute Gasteiger partial charge is 0.253 e. The molecule has 0 saturated carbocycles. The molecule has 0 radical (unpaired) electrons. The number of nitrogens with zero attached hydrogens (tertiary/aromatic N) is 3. The molecule has 0 bridgehead atoms. The summed E-state index contributed by atoms with van der Waals surface area (Å²) in [5, 5.41) is 7.12. The zero-order valence-electron chi connectivity index (χ0n) is 13.2. The number of benzene rings is 1. The molecule has 1 aromatic carbocycles. The van der Waals surface area contributed by atoms with Crippen molar-refractivity contribution < 1.29 is 9.32 Å². The van der Waals surface area contributed by atoms with E-state index in [1.165, 1.54) is 0 Å². The highest BCUT2D eigenvalue weighted by Crippen LogP contribution is 2.30. The van der Waals surface area contributed by atoms with E-state index in [1.54, 1.807) is 11.3 Å². The van der Waals surface area contributed by atoms with Crippen molar-refractivity contribution in [2.75, 3.05) is 13.1 Å². The zero-order valence-corrected chi connectivity index (χ0v) is 14.0. The molecular weight excluding hydrogens is 336 g/mol. The number of aromatic amines is 1. The summed E-state index contributed by atoms with van der Waals surface area (Å²) in [6, 6.07) is 11.6. The van der Waals surface area contributed by atoms with Crippen LogP contribution < -0.4 is 0 Å². The topological polar surface area (TPSA) is 75.0 Å². The van der Waals surface area contributed by atoms with E-state index in [0.717, 1.165) is 15.8 Å². The fourth-order valence-corrected chi connectivity index (χ4v) is 3.72. The molecule has 7 heteroatoms. The number of carbonyl (C=O) groups is 1. The first-order chi connectivity index (χ1) is 12.3. The molecule has 1 aliphatic rings. The van der Waals surface area contributed by atoms with Crippen molar-refractivity contribution in [2.24, 2.45) is 0 Å². The average molecular weight is 350 g/mol. The van der Waals surface area contributed by atoms with Crippen LogP contribution in [0.4, 0.5) is 0 Å². The summed E-state index contributed by atoms with van der Waals surface area (Å²) in [5.41, 5.74) is 1.67. The highest BCUT2D eigenvalue weighted by atomic mass is 32.1. The molecule has 0 unspecified atom stereocenters. The molecule has 6 nitrogen and oxygen atoms in total. The Bertz CT molecular complexity index is 1040. The number of fused-ring (bicyclic) bond motifs is 1. The third-order valence-electron chi connectivity index (χ3n) is 4.50. The monoisotopic (exact) mass is 350 g/mol. The van der Waals surface area contributed by atoms with E-state index in [9.17, 15) is 4.79 Å². The summed E-state index contributed by atoms with van der Waals surface area (Å²) in [6.07, 6.45) is 1.87. The molecular formula is C18H14N4O2S. The van der Waals surface area contributed by atoms with Crippen molar-refractivity contribution in [3.63, 3.8) is 0 Å². The number of likely N-dealkylation sites (tertiary alicyclic amines) is 1. The first-order valence-electron chi connectivity index (χ1n) is 8.02. The Hall–Kier alpha value is -2.93. The summed E-state index contributed by atoms with van der Waals surface area (Å²) >= 11 is 1.58. The molecule has 1 aliphatic heterocycles. The fraction of sp³-hybridized carbons (Fsp3) is 0.167. The van der Waals surface area contributed by atoms with Crippen LogP contribution in [-0.2, 0) is 0 Å². The zero-order chi connectivity index (χ0) is 16.8. The summed E-state index contributed by atoms with van der Waals surface area (Å²) < 4.78 is 5.38. The van der Waals surface area contributed by atoms with Crippen LogP contribution in [0.5, 0.6) is 0 Å². The Labute approximate surface area is 147 Å². The van der Waals surface area contributed by atoms with E-state index in [-0.39, 0.29) is 11.8 Å². The lowest BCUT2D eigenvalue weighted by atomic mass is 9.98. The second kappa shape index (κ2) is 5.56. The van der Waals surface area contributed by atoms with Crippen molar-refractivity contribution in [1.29, 1.82) is 0 Å². The molecule has 4 heterocycles. The van der Waals surface area contributed by atoms with Crippen molar-refractivity contribution in [3.05, 3.63) is 59.4 Å². The maximum atomic E-state index is 12.6. The number of hydrogen-bond acceptors (Lipinski definition) is 5. The van der Waals surface area contributed by atoms with Gasteiger partial charge in [-0.05, 0) is 35.0 Å². The average Bonchev–Trinajstić information content (AvgIpc) is 3.33. The van der Waals surface area contributed by atoms with Crippen LogP contribution >= 0.6 is 11.3 Å². The van der Waals surface area contributed by atoms with Gasteiger partial charge in [0.1, 0.15) is 0 Å². The van der Waals surface area contributed by atoms with E-state index in [1.807, 2.05) is 52.9 Å². The molecule has 1 amide bonds. The standard InChI is InChI=1S/C18H14N4O2S/c23-18(12-4-3-11-5-6-19-14(11)8-12)22-9-13(10-22)17-20-16(21-24-17)15-2-1-7-25-15/h1-8,13,19H,9-10H2. The van der Waals surface area contributed by atoms with Gasteiger partial charge in [-0.25, -0.2) is 0 Å². The van der Waals surface area contributed by atoms with E-state index in [4.69, 9.17) is 4.52 Å². The van der Waals surface area contributed by atoms with Crippen LogP contribution in [0.1, 0.15) is 22.2 Å². The Morgan fingerprint density at radius 2 is 2.20 bits per heavy atom. The molecule has 1 fully saturated rings. The van der Waals surface area contributed by atoms with Crippen LogP contribution in [-0.4, -0.2) is 39.0 Å². The van der Waals surface area contributed by atoms with E-state index < -0.39 is 0 Å². The molecule has 1 saturated heterocycles. The summed E-state index contributed by atoms with van der Waals surface area (Å²) in [7, 11) is 0. The summed E-state index contributed by atoms with van der Waals surface area (Å²) in [4.78, 5) is 23.0. The van der Waals surface area contributed by atoms with Gasteiger partial charge < -0.3 is 14.4 Å². The number of hydrogen-bond donors (Lipinski definition) is 1. The molecule has 124 valence electrons. The van der Waals surface area contributed by atoms with Crippen molar-refractivity contribution in [3.8, 4) is 10.7 Å². The minimum absolute atomic E-state index is 0.0331. The van der Waals surface area contributed by atoms with Gasteiger partial charge in [0, 0.05) is 30.4 Å². The van der Waals surface area contributed by atoms with Crippen molar-refractivity contribution in [2.45, 2.75) is 5.92 Å². The summed E-state index contributed by atoms with van der Waals surface area (Å²) in [6.45, 7) is 1.21. The lowest BCUT2D eigenvalue weighted by molar-refractivity contribution is 0.0569. The van der Waals surface area contributed by atoms with Crippen molar-refractivity contribution >= 4 is 28.1 Å². The highest BCUT2D eigenvalue weighted by molar-refractivity contribution is 7.13. The molecule has 25 heavy (non-hydrogen) atoms. The normalized spacial score (nSPS) is 14.8. The fourth-order valence-electron chi connectivity index (χ4n) is 3.07. The number of nitrogens with one attached hydrogen (secondary N) is 1. The van der Waals surface area contributed by atoms with Crippen LogP contribution in [0.15, 0.2) is 52.5 Å². The Balaban J connectivity index is 1.29. The predicted octanol–water partition coefficient (Wildman–Crippen LogP) is 3.52. The van der Waals surface area contributed by atoms with Gasteiger partial charge in [0.15, 0.2) is 0 Å². The van der Waals surface area contributed by atoms with Gasteiger partial charge in [-0.2, -0.15) is 4.98 Å². The first kappa shape index (κ1) is 14.4. The molecule has 3 aromatic heterocycles. The van der Waals surface area contributed by atoms with Crippen molar-refractivity contribution in [1.82, 2.24) is 20.0 Å². The number of rotatable bonds is 3. The first-order valence-corrected chi connectivity index (χ1v) is 8.90. The maximum absolute atomic E-state index is 12.6. The van der Waals surface area contributed by atoms with Gasteiger partial charge in [-0.1, -0.05) is 17.3 Å². The SMILES string of the molecule is O=C(c1ccc2cc[nH]c2c1)N1CC(c2nc(-c3cccs3)no2)C1. The van der Waals surface area contributed by atoms with Crippen LogP contribution in [0.3, 0.4) is 0 Å². The molecule has 0 spiro atoms. The second-order valence-corrected chi connectivity index (χ2v) is 7.07. The van der Waals surface area contributed by atoms with Crippen LogP contribution in [0.2, 0.25) is 0 Å². The second-order valence-electron chi connectivity index (χ2n) is 6.12. The number of carbonyl (C=O) groups excluding carboxylic acids is 1. The lowest BCUT2D eigenvalue weighted by Crippen LogP contribution is -2.48. The number of H-pyrrole nitrogens is 1. The van der Waals surface area contributed by atoms with Gasteiger partial charge in [0.05, 0.1) is 10.8 Å². The highest BCUT2D eigenvalue weighted by Gasteiger charge is 2.36. The number of amides is 1. The Morgan fingerprint density at radius 1 is 1.28 bits per heavy atom. The number of aromatic nitrogens is 3. The molecule has 0 aliphatic carbocycles. The van der Waals surface area contributed by atoms with Gasteiger partial charge in [-0.3, -0.25) is 4.79 Å². The molecule has 0 atom stereocenters. The van der Waals surface area contributed by atoms with Gasteiger partial charge in [-0.15, -0.1) is 11.3 Å². The van der Waals surface area contributed by atoms with Crippen LogP contribution in [0.25, 0.3) is 21.6 Å². The Morgan fingerprint density at radius 3 is 3.04 bits per heavy atom. The summed E-state index contributed by atoms with van der Waals surface area (Å²) in [5.74, 6) is 1.37. The largest absolute Gasteiger partial charge is 0.361 e. The lowest BCUT2D eigenvalue weighted by Gasteiger charge is -2.37. The third-order valence-corrected chi connectivity index (χ3v) is 5.37. The van der Waals surface area contributed by atoms with Crippen LogP contribution in [0, 0.1) is 0 Å². The quantitative estimate of drug-likeness (QED) is 0.613. The van der Waals surface area contributed by atoms with Gasteiger partial charge >= 0.3 is 0 Å². The van der Waals surface area contributed by atoms with E-state index in [0.29, 0.717) is 30.4 Å². The number of thiophene rings is 1. The van der Waals surface area contributed by atoms with Gasteiger partial charge in [0.2, 0.25) is 11.7 Å². The molecule has 5 rings (SSSR count).